The van der Waals surface area contributed by atoms with Crippen LogP contribution >= 0.6 is 0 Å². The first-order valence-corrected chi connectivity index (χ1v) is 5.23. The van der Waals surface area contributed by atoms with Gasteiger partial charge in [0.2, 0.25) is 0 Å². The van der Waals surface area contributed by atoms with E-state index in [-0.39, 0.29) is 0 Å². The number of hydrogen-bond acceptors (Lipinski definition) is 2. The minimum absolute atomic E-state index is 0.341. The Kier molecular flexibility index (Phi) is 4.47. The average Bonchev–Trinajstić information content (AvgIpc) is 2.17. The Morgan fingerprint density at radius 1 is 1.29 bits per heavy atom. The molecule has 0 amide bonds. The van der Waals surface area contributed by atoms with Crippen LogP contribution in [-0.4, -0.2) is 17.7 Å². The van der Waals surface area contributed by atoms with Gasteiger partial charge in [-0.15, -0.1) is 0 Å². The first-order chi connectivity index (χ1) is 6.72. The molecule has 0 aromatic heterocycles. The van der Waals surface area contributed by atoms with Crippen molar-refractivity contribution in [1.82, 2.24) is 5.32 Å². The minimum Gasteiger partial charge on any atom is -0.508 e. The largest absolute Gasteiger partial charge is 0.508 e. The van der Waals surface area contributed by atoms with Gasteiger partial charge in [0, 0.05) is 6.04 Å². The fraction of sp³-hybridized carbons (Fsp3) is 0.500. The van der Waals surface area contributed by atoms with E-state index in [9.17, 15) is 0 Å². The molecule has 1 atom stereocenters. The van der Waals surface area contributed by atoms with E-state index in [1.165, 1.54) is 5.56 Å². The Hall–Kier alpha value is -1.02. The van der Waals surface area contributed by atoms with E-state index in [0.29, 0.717) is 11.8 Å². The monoisotopic (exact) mass is 193 g/mol. The molecule has 0 spiro atoms. The maximum Gasteiger partial charge on any atom is 0.115 e. The molecular weight excluding hydrogens is 174 g/mol. The zero-order chi connectivity index (χ0) is 10.4. The highest BCUT2D eigenvalue weighted by molar-refractivity contribution is 5.25. The average molecular weight is 193 g/mol. The Morgan fingerprint density at radius 3 is 2.50 bits per heavy atom. The molecule has 2 heteroatoms. The second-order valence-electron chi connectivity index (χ2n) is 3.66. The number of nitrogens with one attached hydrogen (secondary N) is 1. The lowest BCUT2D eigenvalue weighted by molar-refractivity contribution is 0.475. The van der Waals surface area contributed by atoms with Gasteiger partial charge in [-0.2, -0.15) is 0 Å². The van der Waals surface area contributed by atoms with Gasteiger partial charge in [0.25, 0.3) is 0 Å². The first kappa shape index (κ1) is 11.1. The second kappa shape index (κ2) is 5.66. The van der Waals surface area contributed by atoms with E-state index in [2.05, 4.69) is 19.2 Å². The van der Waals surface area contributed by atoms with Crippen molar-refractivity contribution in [2.24, 2.45) is 0 Å². The van der Waals surface area contributed by atoms with Crippen molar-refractivity contribution in [3.63, 3.8) is 0 Å². The number of aryl methyl sites for hydroxylation is 1. The lowest BCUT2D eigenvalue weighted by Crippen LogP contribution is -2.25. The van der Waals surface area contributed by atoms with Crippen molar-refractivity contribution in [3.05, 3.63) is 29.8 Å². The van der Waals surface area contributed by atoms with Gasteiger partial charge >= 0.3 is 0 Å². The van der Waals surface area contributed by atoms with Crippen molar-refractivity contribution in [1.29, 1.82) is 0 Å². The highest BCUT2D eigenvalue weighted by atomic mass is 16.3. The maximum atomic E-state index is 9.11. The lowest BCUT2D eigenvalue weighted by atomic mass is 10.1. The fourth-order valence-corrected chi connectivity index (χ4v) is 1.50. The van der Waals surface area contributed by atoms with Crippen LogP contribution in [0.1, 0.15) is 25.8 Å². The molecule has 0 saturated carbocycles. The van der Waals surface area contributed by atoms with Crippen LogP contribution in [0.15, 0.2) is 24.3 Å². The summed E-state index contributed by atoms with van der Waals surface area (Å²) in [5.41, 5.74) is 1.28. The fourth-order valence-electron chi connectivity index (χ4n) is 1.50. The molecule has 0 radical (unpaired) electrons. The Balaban J connectivity index is 2.34. The lowest BCUT2D eigenvalue weighted by Gasteiger charge is -2.11. The predicted molar refractivity (Wildman–Crippen MR) is 59.6 cm³/mol. The summed E-state index contributed by atoms with van der Waals surface area (Å²) in [7, 11) is 0. The van der Waals surface area contributed by atoms with Gasteiger partial charge in [-0.05, 0) is 44.0 Å². The normalized spacial score (nSPS) is 12.7. The first-order valence-electron chi connectivity index (χ1n) is 5.23. The van der Waals surface area contributed by atoms with Gasteiger partial charge in [0.05, 0.1) is 0 Å². The molecule has 2 nitrogen and oxygen atoms in total. The zero-order valence-electron chi connectivity index (χ0n) is 8.96. The molecule has 0 aliphatic carbocycles. The maximum absolute atomic E-state index is 9.11. The topological polar surface area (TPSA) is 32.3 Å². The van der Waals surface area contributed by atoms with E-state index < -0.39 is 0 Å². The highest BCUT2D eigenvalue weighted by Crippen LogP contribution is 2.11. The van der Waals surface area contributed by atoms with Crippen LogP contribution in [0.4, 0.5) is 0 Å². The van der Waals surface area contributed by atoms with Crippen LogP contribution in [0.25, 0.3) is 0 Å². The second-order valence-corrected chi connectivity index (χ2v) is 3.66. The number of rotatable bonds is 5. The van der Waals surface area contributed by atoms with E-state index in [1.807, 2.05) is 12.1 Å². The van der Waals surface area contributed by atoms with Crippen molar-refractivity contribution < 1.29 is 5.11 Å². The number of phenols is 1. The molecule has 1 unspecified atom stereocenters. The molecule has 0 aliphatic heterocycles. The van der Waals surface area contributed by atoms with Crippen LogP contribution in [-0.2, 0) is 6.42 Å². The van der Waals surface area contributed by atoms with Gasteiger partial charge in [0.15, 0.2) is 0 Å². The molecule has 1 rings (SSSR count). The molecule has 1 aromatic rings. The van der Waals surface area contributed by atoms with Crippen LogP contribution in [0, 0.1) is 0 Å². The molecule has 78 valence electrons. The summed E-state index contributed by atoms with van der Waals surface area (Å²) in [5.74, 6) is 0.341. The molecule has 2 N–H and O–H groups in total. The van der Waals surface area contributed by atoms with Crippen LogP contribution in [0.2, 0.25) is 0 Å². The SMILES string of the molecule is CCNC(C)CCc1ccc(O)cc1. The zero-order valence-corrected chi connectivity index (χ0v) is 8.96. The molecule has 0 heterocycles. The van der Waals surface area contributed by atoms with Gasteiger partial charge in [-0.3, -0.25) is 0 Å². The third kappa shape index (κ3) is 3.79. The van der Waals surface area contributed by atoms with Gasteiger partial charge in [-0.25, -0.2) is 0 Å². The summed E-state index contributed by atoms with van der Waals surface area (Å²) < 4.78 is 0. The number of hydrogen-bond donors (Lipinski definition) is 2. The predicted octanol–water partition coefficient (Wildman–Crippen LogP) is 2.32. The van der Waals surface area contributed by atoms with Gasteiger partial charge in [0.1, 0.15) is 5.75 Å². The summed E-state index contributed by atoms with van der Waals surface area (Å²) in [6.45, 7) is 5.34. The van der Waals surface area contributed by atoms with Crippen molar-refractivity contribution in [2.45, 2.75) is 32.7 Å². The standard InChI is InChI=1S/C12H19NO/c1-3-13-10(2)4-5-11-6-8-12(14)9-7-11/h6-10,13-14H,3-5H2,1-2H3. The molecule has 0 bridgehead atoms. The number of phenolic OH excluding ortho intramolecular Hbond substituents is 1. The molecule has 0 saturated heterocycles. The third-order valence-corrected chi connectivity index (χ3v) is 2.35. The van der Waals surface area contributed by atoms with Gasteiger partial charge < -0.3 is 10.4 Å². The van der Waals surface area contributed by atoms with Gasteiger partial charge in [-0.1, -0.05) is 19.1 Å². The van der Waals surface area contributed by atoms with E-state index in [0.717, 1.165) is 19.4 Å². The van der Waals surface area contributed by atoms with Crippen molar-refractivity contribution in [2.75, 3.05) is 6.54 Å². The van der Waals surface area contributed by atoms with Crippen LogP contribution in [0.5, 0.6) is 5.75 Å². The van der Waals surface area contributed by atoms with Crippen molar-refractivity contribution >= 4 is 0 Å². The van der Waals surface area contributed by atoms with Crippen LogP contribution in [0.3, 0.4) is 0 Å². The molecule has 14 heavy (non-hydrogen) atoms. The smallest absolute Gasteiger partial charge is 0.115 e. The molecule has 0 fully saturated rings. The van der Waals surface area contributed by atoms with E-state index >= 15 is 0 Å². The van der Waals surface area contributed by atoms with Crippen molar-refractivity contribution in [3.8, 4) is 5.75 Å². The number of benzene rings is 1. The molecule has 0 aliphatic rings. The Bertz CT molecular complexity index is 256. The highest BCUT2D eigenvalue weighted by Gasteiger charge is 2.00. The quantitative estimate of drug-likeness (QED) is 0.752. The summed E-state index contributed by atoms with van der Waals surface area (Å²) in [6.07, 6.45) is 2.20. The minimum atomic E-state index is 0.341. The summed E-state index contributed by atoms with van der Waals surface area (Å²) in [4.78, 5) is 0. The molecule has 1 aromatic carbocycles. The summed E-state index contributed by atoms with van der Waals surface area (Å²) >= 11 is 0. The summed E-state index contributed by atoms with van der Waals surface area (Å²) in [5, 5.41) is 12.5. The van der Waals surface area contributed by atoms with E-state index in [4.69, 9.17) is 5.11 Å². The van der Waals surface area contributed by atoms with E-state index in [1.54, 1.807) is 12.1 Å². The van der Waals surface area contributed by atoms with Crippen LogP contribution < -0.4 is 5.32 Å². The third-order valence-electron chi connectivity index (χ3n) is 2.35. The number of aromatic hydroxyl groups is 1. The Labute approximate surface area is 86.0 Å². The summed E-state index contributed by atoms with van der Waals surface area (Å²) in [6, 6.07) is 8.01. The molecular formula is C12H19NO. The Morgan fingerprint density at radius 2 is 1.93 bits per heavy atom.